The van der Waals surface area contributed by atoms with E-state index in [-0.39, 0.29) is 0 Å². The van der Waals surface area contributed by atoms with Crippen LogP contribution in [-0.2, 0) is 6.54 Å². The van der Waals surface area contributed by atoms with Crippen molar-refractivity contribution in [3.63, 3.8) is 0 Å². The lowest BCUT2D eigenvalue weighted by atomic mass is 10.2. The standard InChI is InChI=1S/C10H17N3/c1-12(2)8-9-5-6-10(11-7-9)13(3)4/h5-7H,8H2,1-4H3. The van der Waals surface area contributed by atoms with Crippen molar-refractivity contribution in [1.82, 2.24) is 9.88 Å². The summed E-state index contributed by atoms with van der Waals surface area (Å²) in [5.74, 6) is 1.00. The van der Waals surface area contributed by atoms with Gasteiger partial charge in [-0.1, -0.05) is 6.07 Å². The van der Waals surface area contributed by atoms with Gasteiger partial charge in [-0.2, -0.15) is 0 Å². The highest BCUT2D eigenvalue weighted by atomic mass is 15.1. The summed E-state index contributed by atoms with van der Waals surface area (Å²) < 4.78 is 0. The number of pyridine rings is 1. The summed E-state index contributed by atoms with van der Waals surface area (Å²) in [6.45, 7) is 0.945. The molecule has 0 bridgehead atoms. The van der Waals surface area contributed by atoms with E-state index < -0.39 is 0 Å². The van der Waals surface area contributed by atoms with Crippen LogP contribution in [-0.4, -0.2) is 38.1 Å². The first-order valence-electron chi connectivity index (χ1n) is 4.36. The summed E-state index contributed by atoms with van der Waals surface area (Å²) >= 11 is 0. The second-order valence-corrected chi connectivity index (χ2v) is 3.66. The van der Waals surface area contributed by atoms with Crippen LogP contribution in [0.2, 0.25) is 0 Å². The Bertz CT molecular complexity index is 251. The van der Waals surface area contributed by atoms with Gasteiger partial charge in [0.15, 0.2) is 0 Å². The van der Waals surface area contributed by atoms with Gasteiger partial charge in [0.1, 0.15) is 5.82 Å². The highest BCUT2D eigenvalue weighted by Gasteiger charge is 1.98. The van der Waals surface area contributed by atoms with Crippen LogP contribution < -0.4 is 4.90 Å². The Morgan fingerprint density at radius 1 is 1.15 bits per heavy atom. The zero-order chi connectivity index (χ0) is 9.84. The summed E-state index contributed by atoms with van der Waals surface area (Å²) in [5.41, 5.74) is 1.25. The second-order valence-electron chi connectivity index (χ2n) is 3.66. The van der Waals surface area contributed by atoms with Crippen LogP contribution in [0.4, 0.5) is 5.82 Å². The lowest BCUT2D eigenvalue weighted by Gasteiger charge is -2.13. The SMILES string of the molecule is CN(C)Cc1ccc(N(C)C)nc1. The summed E-state index contributed by atoms with van der Waals surface area (Å²) in [4.78, 5) is 8.46. The van der Waals surface area contributed by atoms with E-state index in [4.69, 9.17) is 0 Å². The van der Waals surface area contributed by atoms with Crippen LogP contribution in [0.25, 0.3) is 0 Å². The summed E-state index contributed by atoms with van der Waals surface area (Å²) in [7, 11) is 8.10. The van der Waals surface area contributed by atoms with Crippen molar-refractivity contribution < 1.29 is 0 Å². The van der Waals surface area contributed by atoms with Crippen LogP contribution in [0.5, 0.6) is 0 Å². The molecule has 3 heteroatoms. The minimum absolute atomic E-state index is 0.945. The summed E-state index contributed by atoms with van der Waals surface area (Å²) in [6, 6.07) is 4.15. The first kappa shape index (κ1) is 9.99. The molecule has 0 N–H and O–H groups in total. The van der Waals surface area contributed by atoms with Gasteiger partial charge in [-0.3, -0.25) is 0 Å². The Kier molecular flexibility index (Phi) is 3.25. The lowest BCUT2D eigenvalue weighted by molar-refractivity contribution is 0.402. The third kappa shape index (κ3) is 3.03. The Hall–Kier alpha value is -1.09. The van der Waals surface area contributed by atoms with Crippen LogP contribution in [0.15, 0.2) is 18.3 Å². The molecule has 72 valence electrons. The molecule has 1 aromatic heterocycles. The van der Waals surface area contributed by atoms with Crippen LogP contribution in [0.3, 0.4) is 0 Å². The molecule has 0 unspecified atom stereocenters. The normalized spacial score (nSPS) is 10.5. The average molecular weight is 179 g/mol. The van der Waals surface area contributed by atoms with Gasteiger partial charge in [-0.05, 0) is 25.7 Å². The van der Waals surface area contributed by atoms with E-state index in [0.717, 1.165) is 12.4 Å². The minimum Gasteiger partial charge on any atom is -0.363 e. The maximum Gasteiger partial charge on any atom is 0.127 e. The molecule has 13 heavy (non-hydrogen) atoms. The van der Waals surface area contributed by atoms with Crippen LogP contribution >= 0.6 is 0 Å². The van der Waals surface area contributed by atoms with Gasteiger partial charge in [0.2, 0.25) is 0 Å². The smallest absolute Gasteiger partial charge is 0.127 e. The topological polar surface area (TPSA) is 19.4 Å². The maximum absolute atomic E-state index is 4.33. The first-order valence-corrected chi connectivity index (χ1v) is 4.36. The van der Waals surface area contributed by atoms with E-state index >= 15 is 0 Å². The number of rotatable bonds is 3. The number of hydrogen-bond acceptors (Lipinski definition) is 3. The molecular weight excluding hydrogens is 162 g/mol. The highest BCUT2D eigenvalue weighted by Crippen LogP contribution is 2.08. The highest BCUT2D eigenvalue weighted by molar-refractivity contribution is 5.36. The van der Waals surface area contributed by atoms with Gasteiger partial charge in [0.25, 0.3) is 0 Å². The molecule has 0 aliphatic carbocycles. The third-order valence-corrected chi connectivity index (χ3v) is 1.77. The van der Waals surface area contributed by atoms with Crippen molar-refractivity contribution in [2.75, 3.05) is 33.1 Å². The average Bonchev–Trinajstić information content (AvgIpc) is 2.04. The molecule has 1 aromatic rings. The van der Waals surface area contributed by atoms with Crippen molar-refractivity contribution in [2.24, 2.45) is 0 Å². The van der Waals surface area contributed by atoms with Crippen LogP contribution in [0, 0.1) is 0 Å². The molecule has 0 saturated heterocycles. The molecule has 0 fully saturated rings. The zero-order valence-corrected chi connectivity index (χ0v) is 8.78. The van der Waals surface area contributed by atoms with E-state index in [1.165, 1.54) is 5.56 Å². The predicted octanol–water partition coefficient (Wildman–Crippen LogP) is 1.21. The van der Waals surface area contributed by atoms with Crippen molar-refractivity contribution >= 4 is 5.82 Å². The van der Waals surface area contributed by atoms with Gasteiger partial charge in [0.05, 0.1) is 0 Å². The van der Waals surface area contributed by atoms with Gasteiger partial charge in [0, 0.05) is 26.8 Å². The molecular formula is C10H17N3. The fourth-order valence-corrected chi connectivity index (χ4v) is 1.14. The second kappa shape index (κ2) is 4.23. The van der Waals surface area contributed by atoms with Gasteiger partial charge < -0.3 is 9.80 Å². The van der Waals surface area contributed by atoms with E-state index in [9.17, 15) is 0 Å². The summed E-state index contributed by atoms with van der Waals surface area (Å²) in [5, 5.41) is 0. The molecule has 0 spiro atoms. The molecule has 0 aromatic carbocycles. The molecule has 3 nitrogen and oxygen atoms in total. The molecule has 0 saturated carbocycles. The Labute approximate surface area is 80.0 Å². The summed E-state index contributed by atoms with van der Waals surface area (Å²) in [6.07, 6.45) is 1.93. The molecule has 0 aliphatic heterocycles. The van der Waals surface area contributed by atoms with E-state index in [0.29, 0.717) is 0 Å². The van der Waals surface area contributed by atoms with E-state index in [2.05, 4.69) is 30.0 Å². The number of nitrogens with zero attached hydrogens (tertiary/aromatic N) is 3. The molecule has 0 radical (unpaired) electrons. The lowest BCUT2D eigenvalue weighted by Crippen LogP contribution is -2.13. The monoisotopic (exact) mass is 179 g/mol. The molecule has 1 heterocycles. The zero-order valence-electron chi connectivity index (χ0n) is 8.78. The van der Waals surface area contributed by atoms with Gasteiger partial charge >= 0.3 is 0 Å². The third-order valence-electron chi connectivity index (χ3n) is 1.77. The molecule has 0 aliphatic rings. The minimum atomic E-state index is 0.945. The fraction of sp³-hybridized carbons (Fsp3) is 0.500. The predicted molar refractivity (Wildman–Crippen MR) is 56.0 cm³/mol. The van der Waals surface area contributed by atoms with Crippen molar-refractivity contribution in [3.05, 3.63) is 23.9 Å². The van der Waals surface area contributed by atoms with Crippen molar-refractivity contribution in [2.45, 2.75) is 6.54 Å². The molecule has 1 rings (SSSR count). The Morgan fingerprint density at radius 2 is 1.85 bits per heavy atom. The van der Waals surface area contributed by atoms with E-state index in [1.54, 1.807) is 0 Å². The number of aromatic nitrogens is 1. The van der Waals surface area contributed by atoms with Crippen molar-refractivity contribution in [3.8, 4) is 0 Å². The Balaban J connectivity index is 2.70. The van der Waals surface area contributed by atoms with Gasteiger partial charge in [-0.25, -0.2) is 4.98 Å². The van der Waals surface area contributed by atoms with Crippen LogP contribution in [0.1, 0.15) is 5.56 Å². The van der Waals surface area contributed by atoms with E-state index in [1.807, 2.05) is 31.3 Å². The largest absolute Gasteiger partial charge is 0.363 e. The molecule has 0 amide bonds. The first-order chi connectivity index (χ1) is 6.09. The number of hydrogen-bond donors (Lipinski definition) is 0. The Morgan fingerprint density at radius 3 is 2.23 bits per heavy atom. The quantitative estimate of drug-likeness (QED) is 0.695. The maximum atomic E-state index is 4.33. The van der Waals surface area contributed by atoms with Gasteiger partial charge in [-0.15, -0.1) is 0 Å². The number of anilines is 1. The van der Waals surface area contributed by atoms with Crippen molar-refractivity contribution in [1.29, 1.82) is 0 Å². The molecule has 0 atom stereocenters. The fourth-order valence-electron chi connectivity index (χ4n) is 1.14.